The molecule has 1 saturated heterocycles. The topological polar surface area (TPSA) is 103 Å². The number of fused-ring (bicyclic) bond motifs is 1. The first-order valence-electron chi connectivity index (χ1n) is 10.2. The number of amides is 1. The zero-order chi connectivity index (χ0) is 22.0. The van der Waals surface area contributed by atoms with Crippen molar-refractivity contribution in [2.75, 3.05) is 37.5 Å². The van der Waals surface area contributed by atoms with Gasteiger partial charge in [-0.05, 0) is 37.0 Å². The Hall–Kier alpha value is -3.56. The van der Waals surface area contributed by atoms with Crippen LogP contribution in [-0.4, -0.2) is 52.4 Å². The monoisotopic (exact) mass is 426 g/mol. The van der Waals surface area contributed by atoms with Gasteiger partial charge < -0.3 is 19.7 Å². The Labute approximate surface area is 179 Å². The molecule has 31 heavy (non-hydrogen) atoms. The summed E-state index contributed by atoms with van der Waals surface area (Å²) in [5, 5.41) is 7.00. The van der Waals surface area contributed by atoms with Crippen LogP contribution in [0.5, 0.6) is 11.5 Å². The van der Waals surface area contributed by atoms with E-state index in [-0.39, 0.29) is 12.3 Å². The van der Waals surface area contributed by atoms with Gasteiger partial charge in [-0.2, -0.15) is 4.98 Å². The fourth-order valence-electron chi connectivity index (χ4n) is 3.80. The number of carbonyl (C=O) groups excluding carboxylic acids is 1. The molecule has 0 spiro atoms. The van der Waals surface area contributed by atoms with Gasteiger partial charge in [-0.15, -0.1) is 5.10 Å². The van der Waals surface area contributed by atoms with Crippen LogP contribution >= 0.6 is 0 Å². The first-order chi connectivity index (χ1) is 15.0. The first kappa shape index (κ1) is 20.7. The number of hydrogen-bond donors (Lipinski definition) is 1. The minimum Gasteiger partial charge on any atom is -0.497 e. The Balaban J connectivity index is 1.52. The van der Waals surface area contributed by atoms with Gasteiger partial charge in [-0.3, -0.25) is 4.79 Å². The van der Waals surface area contributed by atoms with Crippen molar-refractivity contribution in [3.8, 4) is 11.5 Å². The molecule has 10 heteroatoms. The van der Waals surface area contributed by atoms with Crippen molar-refractivity contribution in [2.45, 2.75) is 26.3 Å². The lowest BCUT2D eigenvalue weighted by Crippen LogP contribution is -2.35. The minimum absolute atomic E-state index is 0.243. The van der Waals surface area contributed by atoms with Gasteiger partial charge in [0.1, 0.15) is 23.9 Å². The lowest BCUT2D eigenvalue weighted by molar-refractivity contribution is -0.117. The van der Waals surface area contributed by atoms with Crippen molar-refractivity contribution < 1.29 is 14.3 Å². The SMILES string of the molecule is COc1ccc(NC(=O)Cn2nc3nc(N4CCC[C@H](C)C4)ccn3c2=O)c(OC)c1. The zero-order valence-electron chi connectivity index (χ0n) is 17.9. The third-order valence-corrected chi connectivity index (χ3v) is 5.40. The van der Waals surface area contributed by atoms with E-state index in [1.54, 1.807) is 31.5 Å². The van der Waals surface area contributed by atoms with Crippen molar-refractivity contribution in [3.05, 3.63) is 40.9 Å². The summed E-state index contributed by atoms with van der Waals surface area (Å²) in [4.78, 5) is 32.0. The molecule has 0 radical (unpaired) electrons. The molecule has 1 aliphatic heterocycles. The Morgan fingerprint density at radius 1 is 1.26 bits per heavy atom. The van der Waals surface area contributed by atoms with Crippen molar-refractivity contribution in [2.24, 2.45) is 5.92 Å². The maximum Gasteiger partial charge on any atom is 0.352 e. The summed E-state index contributed by atoms with van der Waals surface area (Å²) in [5.74, 6) is 2.33. The Morgan fingerprint density at radius 2 is 2.10 bits per heavy atom. The fraction of sp³-hybridized carbons (Fsp3) is 0.429. The van der Waals surface area contributed by atoms with E-state index in [1.165, 1.54) is 17.9 Å². The third kappa shape index (κ3) is 4.32. The van der Waals surface area contributed by atoms with Crippen molar-refractivity contribution in [3.63, 3.8) is 0 Å². The standard InChI is InChI=1S/C21H26N6O4/c1-14-5-4-9-25(12-14)18-8-10-26-20(23-18)24-27(21(26)29)13-19(28)22-16-7-6-15(30-2)11-17(16)31-3/h6-8,10-11,14H,4-5,9,12-13H2,1-3H3,(H,22,28)/t14-/m0/s1. The molecule has 0 saturated carbocycles. The first-order valence-corrected chi connectivity index (χ1v) is 10.2. The number of anilines is 2. The molecular weight excluding hydrogens is 400 g/mol. The number of aromatic nitrogens is 4. The van der Waals surface area contributed by atoms with Gasteiger partial charge in [0.05, 0.1) is 19.9 Å². The number of nitrogens with zero attached hydrogens (tertiary/aromatic N) is 5. The van der Waals surface area contributed by atoms with E-state index in [1.807, 2.05) is 6.07 Å². The van der Waals surface area contributed by atoms with Crippen LogP contribution in [-0.2, 0) is 11.3 Å². The molecule has 1 aromatic carbocycles. The predicted octanol–water partition coefficient (Wildman–Crippen LogP) is 1.78. The number of nitrogens with one attached hydrogen (secondary N) is 1. The third-order valence-electron chi connectivity index (χ3n) is 5.40. The molecule has 3 heterocycles. The molecule has 0 unspecified atom stereocenters. The van der Waals surface area contributed by atoms with E-state index in [9.17, 15) is 9.59 Å². The van der Waals surface area contributed by atoms with Crippen molar-refractivity contribution >= 4 is 23.2 Å². The van der Waals surface area contributed by atoms with Crippen molar-refractivity contribution in [1.82, 2.24) is 19.2 Å². The van der Waals surface area contributed by atoms with Crippen LogP contribution in [0.3, 0.4) is 0 Å². The molecular formula is C21H26N6O4. The van der Waals surface area contributed by atoms with Gasteiger partial charge in [-0.1, -0.05) is 6.92 Å². The second-order valence-corrected chi connectivity index (χ2v) is 7.70. The summed E-state index contributed by atoms with van der Waals surface area (Å²) < 4.78 is 12.9. The van der Waals surface area contributed by atoms with Gasteiger partial charge in [0, 0.05) is 25.4 Å². The number of benzene rings is 1. The molecule has 3 aromatic rings. The van der Waals surface area contributed by atoms with Gasteiger partial charge in [0.25, 0.3) is 5.78 Å². The average Bonchev–Trinajstić information content (AvgIpc) is 3.08. The molecule has 2 aromatic heterocycles. The number of ether oxygens (including phenoxy) is 2. The van der Waals surface area contributed by atoms with Crippen LogP contribution < -0.4 is 25.4 Å². The highest BCUT2D eigenvalue weighted by Gasteiger charge is 2.19. The summed E-state index contributed by atoms with van der Waals surface area (Å²) >= 11 is 0. The minimum atomic E-state index is -0.419. The van der Waals surface area contributed by atoms with Crippen LogP contribution in [0.15, 0.2) is 35.3 Å². The Morgan fingerprint density at radius 3 is 2.84 bits per heavy atom. The van der Waals surface area contributed by atoms with Crippen LogP contribution in [0.1, 0.15) is 19.8 Å². The highest BCUT2D eigenvalue weighted by Crippen LogP contribution is 2.29. The normalized spacial score (nSPS) is 16.4. The maximum atomic E-state index is 12.7. The van der Waals surface area contributed by atoms with E-state index in [0.717, 1.165) is 30.0 Å². The number of carbonyl (C=O) groups is 1. The smallest absolute Gasteiger partial charge is 0.352 e. The maximum absolute atomic E-state index is 12.7. The van der Waals surface area contributed by atoms with Gasteiger partial charge in [0.2, 0.25) is 5.91 Å². The molecule has 1 amide bonds. The van der Waals surface area contributed by atoms with Crippen LogP contribution in [0.25, 0.3) is 5.78 Å². The molecule has 4 rings (SSSR count). The number of rotatable bonds is 6. The van der Waals surface area contributed by atoms with Crippen LogP contribution in [0.4, 0.5) is 11.5 Å². The number of piperidine rings is 1. The molecule has 164 valence electrons. The lowest BCUT2D eigenvalue weighted by atomic mass is 10.0. The van der Waals surface area contributed by atoms with E-state index in [4.69, 9.17) is 9.47 Å². The molecule has 0 bridgehead atoms. The summed E-state index contributed by atoms with van der Waals surface area (Å²) in [5.41, 5.74) is 0.0580. The quantitative estimate of drug-likeness (QED) is 0.641. The molecule has 10 nitrogen and oxygen atoms in total. The number of hydrogen-bond acceptors (Lipinski definition) is 7. The van der Waals surface area contributed by atoms with Gasteiger partial charge >= 0.3 is 5.69 Å². The predicted molar refractivity (Wildman–Crippen MR) is 116 cm³/mol. The highest BCUT2D eigenvalue weighted by atomic mass is 16.5. The summed E-state index contributed by atoms with van der Waals surface area (Å²) in [6.45, 7) is 3.85. The van der Waals surface area contributed by atoms with E-state index in [2.05, 4.69) is 27.2 Å². The van der Waals surface area contributed by atoms with E-state index in [0.29, 0.717) is 23.1 Å². The van der Waals surface area contributed by atoms with Crippen LogP contribution in [0, 0.1) is 5.92 Å². The molecule has 1 N–H and O–H groups in total. The number of methoxy groups -OCH3 is 2. The van der Waals surface area contributed by atoms with Crippen LogP contribution in [0.2, 0.25) is 0 Å². The fourth-order valence-corrected chi connectivity index (χ4v) is 3.80. The molecule has 1 atom stereocenters. The highest BCUT2D eigenvalue weighted by molar-refractivity contribution is 5.92. The zero-order valence-corrected chi connectivity index (χ0v) is 17.9. The molecule has 0 aliphatic carbocycles. The van der Waals surface area contributed by atoms with Gasteiger partial charge in [0.15, 0.2) is 0 Å². The largest absolute Gasteiger partial charge is 0.497 e. The van der Waals surface area contributed by atoms with Crippen molar-refractivity contribution in [1.29, 1.82) is 0 Å². The van der Waals surface area contributed by atoms with E-state index < -0.39 is 11.6 Å². The summed E-state index contributed by atoms with van der Waals surface area (Å²) in [6, 6.07) is 6.87. The summed E-state index contributed by atoms with van der Waals surface area (Å²) in [7, 11) is 3.05. The Kier molecular flexibility index (Phi) is 5.79. The summed E-state index contributed by atoms with van der Waals surface area (Å²) in [6.07, 6.45) is 3.98. The second kappa shape index (κ2) is 8.66. The molecule has 1 aliphatic rings. The lowest BCUT2D eigenvalue weighted by Gasteiger charge is -2.31. The van der Waals surface area contributed by atoms with E-state index >= 15 is 0 Å². The second-order valence-electron chi connectivity index (χ2n) is 7.70. The molecule has 1 fully saturated rings. The average molecular weight is 426 g/mol. The Bertz CT molecular complexity index is 1150. The van der Waals surface area contributed by atoms with Gasteiger partial charge in [-0.25, -0.2) is 13.9 Å².